The number of amides is 2. The van der Waals surface area contributed by atoms with Gasteiger partial charge in [0, 0.05) is 17.6 Å². The van der Waals surface area contributed by atoms with Gasteiger partial charge >= 0.3 is 6.03 Å². The molecule has 1 aromatic heterocycles. The van der Waals surface area contributed by atoms with Gasteiger partial charge in [0.1, 0.15) is 5.75 Å². The van der Waals surface area contributed by atoms with Crippen LogP contribution in [0.15, 0.2) is 29.6 Å². The Kier molecular flexibility index (Phi) is 5.09. The number of anilines is 1. The molecule has 2 rings (SSSR count). The number of hydrogen-bond donors (Lipinski definition) is 1. The van der Waals surface area contributed by atoms with Crippen LogP contribution < -0.4 is 10.1 Å². The first-order valence-electron chi connectivity index (χ1n) is 6.40. The van der Waals surface area contributed by atoms with Crippen molar-refractivity contribution in [3.8, 4) is 5.75 Å². The van der Waals surface area contributed by atoms with Gasteiger partial charge in [-0.25, -0.2) is 4.79 Å². The summed E-state index contributed by atoms with van der Waals surface area (Å²) in [7, 11) is 3.32. The molecule has 0 radical (unpaired) electrons. The van der Waals surface area contributed by atoms with Crippen molar-refractivity contribution in [1.29, 1.82) is 0 Å². The molecule has 0 saturated carbocycles. The van der Waals surface area contributed by atoms with Crippen LogP contribution in [0.2, 0.25) is 5.02 Å². The molecule has 1 N–H and O–H groups in total. The lowest BCUT2D eigenvalue weighted by Gasteiger charge is -2.18. The number of nitrogens with zero attached hydrogens (tertiary/aromatic N) is 1. The molecular weight excluding hydrogens is 308 g/mol. The number of urea groups is 1. The Morgan fingerprint density at radius 2 is 2.19 bits per heavy atom. The van der Waals surface area contributed by atoms with Gasteiger partial charge in [-0.1, -0.05) is 11.6 Å². The van der Waals surface area contributed by atoms with Gasteiger partial charge in [-0.15, -0.1) is 11.3 Å². The van der Waals surface area contributed by atoms with Crippen molar-refractivity contribution in [2.75, 3.05) is 19.5 Å². The Morgan fingerprint density at radius 3 is 2.76 bits per heavy atom. The lowest BCUT2D eigenvalue weighted by atomic mass is 10.3. The molecule has 0 aliphatic heterocycles. The fraction of sp³-hybridized carbons (Fsp3) is 0.267. The van der Waals surface area contributed by atoms with Crippen LogP contribution in [-0.2, 0) is 6.54 Å². The smallest absolute Gasteiger partial charge is 0.321 e. The molecule has 0 atom stereocenters. The molecule has 2 aromatic rings. The Bertz CT molecular complexity index is 642. The van der Waals surface area contributed by atoms with Gasteiger partial charge in [-0.05, 0) is 42.1 Å². The van der Waals surface area contributed by atoms with Crippen LogP contribution in [0, 0.1) is 6.92 Å². The van der Waals surface area contributed by atoms with E-state index < -0.39 is 0 Å². The second-order valence-electron chi connectivity index (χ2n) is 4.66. The van der Waals surface area contributed by atoms with Gasteiger partial charge in [0.15, 0.2) is 0 Å². The molecule has 0 fully saturated rings. The number of aryl methyl sites for hydroxylation is 1. The second-order valence-corrected chi connectivity index (χ2v) is 6.07. The van der Waals surface area contributed by atoms with E-state index in [1.54, 1.807) is 48.6 Å². The monoisotopic (exact) mass is 324 g/mol. The topological polar surface area (TPSA) is 41.6 Å². The number of rotatable bonds is 4. The number of thiophene rings is 1. The van der Waals surface area contributed by atoms with Crippen molar-refractivity contribution in [2.24, 2.45) is 0 Å². The first kappa shape index (κ1) is 15.7. The Hall–Kier alpha value is -1.72. The lowest BCUT2D eigenvalue weighted by Crippen LogP contribution is -2.30. The zero-order valence-electron chi connectivity index (χ0n) is 12.1. The maximum absolute atomic E-state index is 12.2. The molecule has 6 heteroatoms. The molecule has 4 nitrogen and oxygen atoms in total. The van der Waals surface area contributed by atoms with E-state index in [2.05, 4.69) is 11.4 Å². The number of carbonyl (C=O) groups excluding carboxylic acids is 1. The maximum atomic E-state index is 12.2. The quantitative estimate of drug-likeness (QED) is 0.906. The molecular formula is C15H17ClN2O2S. The van der Waals surface area contributed by atoms with E-state index in [1.807, 2.05) is 12.3 Å². The van der Waals surface area contributed by atoms with E-state index in [-0.39, 0.29) is 6.03 Å². The van der Waals surface area contributed by atoms with Crippen LogP contribution in [0.5, 0.6) is 5.75 Å². The van der Waals surface area contributed by atoms with E-state index in [0.717, 1.165) is 0 Å². The van der Waals surface area contributed by atoms with Crippen molar-refractivity contribution in [3.63, 3.8) is 0 Å². The Balaban J connectivity index is 2.00. The average molecular weight is 325 g/mol. The molecule has 2 amide bonds. The van der Waals surface area contributed by atoms with Crippen molar-refractivity contribution in [3.05, 3.63) is 45.1 Å². The Labute approximate surface area is 133 Å². The summed E-state index contributed by atoms with van der Waals surface area (Å²) in [6.45, 7) is 2.63. The number of halogens is 1. The summed E-state index contributed by atoms with van der Waals surface area (Å²) in [4.78, 5) is 15.0. The zero-order chi connectivity index (χ0) is 15.4. The number of benzene rings is 1. The van der Waals surface area contributed by atoms with Gasteiger partial charge in [0.25, 0.3) is 0 Å². The van der Waals surface area contributed by atoms with E-state index in [1.165, 1.54) is 10.4 Å². The summed E-state index contributed by atoms with van der Waals surface area (Å²) in [5.74, 6) is 0.581. The Morgan fingerprint density at radius 1 is 1.43 bits per heavy atom. The molecule has 0 bridgehead atoms. The number of methoxy groups -OCH3 is 1. The van der Waals surface area contributed by atoms with Crippen molar-refractivity contribution >= 4 is 34.7 Å². The first-order valence-corrected chi connectivity index (χ1v) is 7.65. The van der Waals surface area contributed by atoms with E-state index >= 15 is 0 Å². The molecule has 112 valence electrons. The van der Waals surface area contributed by atoms with Gasteiger partial charge in [-0.3, -0.25) is 0 Å². The summed E-state index contributed by atoms with van der Waals surface area (Å²) in [6.07, 6.45) is 0. The highest BCUT2D eigenvalue weighted by molar-refractivity contribution is 7.10. The fourth-order valence-corrected chi connectivity index (χ4v) is 3.03. The van der Waals surface area contributed by atoms with Crippen molar-refractivity contribution in [2.45, 2.75) is 13.5 Å². The summed E-state index contributed by atoms with van der Waals surface area (Å²) in [5.41, 5.74) is 1.84. The second kappa shape index (κ2) is 6.83. The van der Waals surface area contributed by atoms with E-state index in [9.17, 15) is 4.79 Å². The molecule has 1 aromatic carbocycles. The fourth-order valence-electron chi connectivity index (χ4n) is 1.82. The minimum absolute atomic E-state index is 0.177. The largest absolute Gasteiger partial charge is 0.495 e. The van der Waals surface area contributed by atoms with Gasteiger partial charge in [0.05, 0.1) is 18.7 Å². The molecule has 0 spiro atoms. The molecule has 1 heterocycles. The summed E-state index contributed by atoms with van der Waals surface area (Å²) < 4.78 is 5.08. The van der Waals surface area contributed by atoms with Crippen LogP contribution in [0.3, 0.4) is 0 Å². The highest BCUT2D eigenvalue weighted by Crippen LogP contribution is 2.27. The number of hydrogen-bond acceptors (Lipinski definition) is 3. The third kappa shape index (κ3) is 3.89. The minimum Gasteiger partial charge on any atom is -0.495 e. The summed E-state index contributed by atoms with van der Waals surface area (Å²) >= 11 is 7.69. The lowest BCUT2D eigenvalue weighted by molar-refractivity contribution is 0.221. The van der Waals surface area contributed by atoms with Crippen LogP contribution in [-0.4, -0.2) is 25.1 Å². The molecule has 0 aliphatic carbocycles. The molecule has 0 aliphatic rings. The number of nitrogens with one attached hydrogen (secondary N) is 1. The maximum Gasteiger partial charge on any atom is 0.321 e. The molecule has 0 unspecified atom stereocenters. The SMILES string of the molecule is COc1ccc(NC(=O)N(C)Cc2sccc2C)cc1Cl. The van der Waals surface area contributed by atoms with Gasteiger partial charge < -0.3 is 15.0 Å². The predicted molar refractivity (Wildman–Crippen MR) is 87.5 cm³/mol. The highest BCUT2D eigenvalue weighted by Gasteiger charge is 2.12. The summed E-state index contributed by atoms with van der Waals surface area (Å²) in [6, 6.07) is 7.02. The van der Waals surface area contributed by atoms with Crippen LogP contribution in [0.1, 0.15) is 10.4 Å². The first-order chi connectivity index (χ1) is 10.0. The standard InChI is InChI=1S/C15H17ClN2O2S/c1-10-6-7-21-14(10)9-18(2)15(19)17-11-4-5-13(20-3)12(16)8-11/h4-8H,9H2,1-3H3,(H,17,19). The third-order valence-corrected chi connectivity index (χ3v) is 4.40. The highest BCUT2D eigenvalue weighted by atomic mass is 35.5. The summed E-state index contributed by atoms with van der Waals surface area (Å²) in [5, 5.41) is 5.31. The normalized spacial score (nSPS) is 10.3. The van der Waals surface area contributed by atoms with Crippen LogP contribution in [0.25, 0.3) is 0 Å². The van der Waals surface area contributed by atoms with Crippen molar-refractivity contribution in [1.82, 2.24) is 4.90 Å². The molecule has 0 saturated heterocycles. The van der Waals surface area contributed by atoms with Gasteiger partial charge in [-0.2, -0.15) is 0 Å². The van der Waals surface area contributed by atoms with E-state index in [4.69, 9.17) is 16.3 Å². The minimum atomic E-state index is -0.177. The number of ether oxygens (including phenoxy) is 1. The van der Waals surface area contributed by atoms with Gasteiger partial charge in [0.2, 0.25) is 0 Å². The van der Waals surface area contributed by atoms with Crippen LogP contribution >= 0.6 is 22.9 Å². The van der Waals surface area contributed by atoms with Crippen molar-refractivity contribution < 1.29 is 9.53 Å². The number of carbonyl (C=O) groups is 1. The average Bonchev–Trinajstić information content (AvgIpc) is 2.84. The predicted octanol–water partition coefficient (Wildman–Crippen LogP) is 4.38. The third-order valence-electron chi connectivity index (χ3n) is 3.10. The molecule has 21 heavy (non-hydrogen) atoms. The van der Waals surface area contributed by atoms with E-state index in [0.29, 0.717) is 23.0 Å². The zero-order valence-corrected chi connectivity index (χ0v) is 13.7. The van der Waals surface area contributed by atoms with Crippen LogP contribution in [0.4, 0.5) is 10.5 Å².